The molecule has 0 bridgehead atoms. The molecule has 0 saturated heterocycles. The molecule has 126 valence electrons. The molecule has 0 radical (unpaired) electrons. The first-order valence-electron chi connectivity index (χ1n) is 8.54. The van der Waals surface area contributed by atoms with Gasteiger partial charge in [-0.3, -0.25) is 14.8 Å². The van der Waals surface area contributed by atoms with Gasteiger partial charge >= 0.3 is 0 Å². The van der Waals surface area contributed by atoms with E-state index in [0.717, 1.165) is 53.6 Å². The lowest BCUT2D eigenvalue weighted by molar-refractivity contribution is -0.118. The van der Waals surface area contributed by atoms with Crippen LogP contribution in [-0.4, -0.2) is 22.5 Å². The van der Waals surface area contributed by atoms with Crippen molar-refractivity contribution in [3.8, 4) is 5.75 Å². The molecule has 5 heteroatoms. The number of ether oxygens (including phenoxy) is 1. The van der Waals surface area contributed by atoms with E-state index in [2.05, 4.69) is 15.3 Å². The Morgan fingerprint density at radius 2 is 1.92 bits per heavy atom. The average Bonchev–Trinajstić information content (AvgIpc) is 2.66. The van der Waals surface area contributed by atoms with Gasteiger partial charge in [-0.2, -0.15) is 0 Å². The van der Waals surface area contributed by atoms with Crippen molar-refractivity contribution >= 4 is 22.5 Å². The highest BCUT2D eigenvalue weighted by atomic mass is 16.5. The van der Waals surface area contributed by atoms with Gasteiger partial charge in [0.25, 0.3) is 5.91 Å². The first-order chi connectivity index (χ1) is 12.3. The van der Waals surface area contributed by atoms with Gasteiger partial charge in [0.2, 0.25) is 0 Å². The number of fused-ring (bicyclic) bond motifs is 2. The molecule has 25 heavy (non-hydrogen) atoms. The summed E-state index contributed by atoms with van der Waals surface area (Å²) in [5.41, 5.74) is 3.72. The minimum atomic E-state index is -0.195. The highest BCUT2D eigenvalue weighted by molar-refractivity contribution is 6.00. The van der Waals surface area contributed by atoms with E-state index in [0.29, 0.717) is 5.69 Å². The van der Waals surface area contributed by atoms with Crippen molar-refractivity contribution in [3.05, 3.63) is 60.0 Å². The van der Waals surface area contributed by atoms with E-state index >= 15 is 0 Å². The summed E-state index contributed by atoms with van der Waals surface area (Å²) in [5.74, 6) is 0.579. The Labute approximate surface area is 146 Å². The highest BCUT2D eigenvalue weighted by Gasteiger charge is 2.16. The lowest BCUT2D eigenvalue weighted by Gasteiger charge is -2.18. The molecule has 0 fully saturated rings. The summed E-state index contributed by atoms with van der Waals surface area (Å²) >= 11 is 0. The fourth-order valence-corrected chi connectivity index (χ4v) is 3.26. The number of aryl methyl sites for hydroxylation is 1. The van der Waals surface area contributed by atoms with Gasteiger partial charge in [0.15, 0.2) is 6.61 Å². The molecule has 0 spiro atoms. The van der Waals surface area contributed by atoms with Gasteiger partial charge in [-0.25, -0.2) is 0 Å². The van der Waals surface area contributed by atoms with Crippen molar-refractivity contribution in [2.45, 2.75) is 25.7 Å². The summed E-state index contributed by atoms with van der Waals surface area (Å²) in [7, 11) is 0. The molecular formula is C20H19N3O2. The number of carbonyl (C=O) groups is 1. The Balaban J connectivity index is 1.46. The molecule has 2 heterocycles. The normalized spacial score (nSPS) is 13.3. The largest absolute Gasteiger partial charge is 0.483 e. The number of para-hydroxylation sites is 1. The van der Waals surface area contributed by atoms with E-state index in [-0.39, 0.29) is 12.5 Å². The summed E-state index contributed by atoms with van der Waals surface area (Å²) in [6.07, 6.45) is 7.73. The van der Waals surface area contributed by atoms with Gasteiger partial charge in [0, 0.05) is 29.0 Å². The molecule has 2 aromatic heterocycles. The number of amides is 1. The van der Waals surface area contributed by atoms with E-state index in [1.54, 1.807) is 12.4 Å². The molecule has 1 aliphatic rings. The second-order valence-corrected chi connectivity index (χ2v) is 6.16. The Morgan fingerprint density at radius 1 is 1.04 bits per heavy atom. The predicted octanol–water partition coefficient (Wildman–Crippen LogP) is 3.53. The zero-order valence-corrected chi connectivity index (χ0v) is 13.9. The smallest absolute Gasteiger partial charge is 0.262 e. The molecule has 0 saturated carbocycles. The number of rotatable bonds is 4. The summed E-state index contributed by atoms with van der Waals surface area (Å²) in [6.45, 7) is -0.0281. The highest BCUT2D eigenvalue weighted by Crippen LogP contribution is 2.28. The van der Waals surface area contributed by atoms with Gasteiger partial charge in [-0.05, 0) is 43.9 Å². The zero-order chi connectivity index (χ0) is 17.1. The van der Waals surface area contributed by atoms with Crippen molar-refractivity contribution in [3.63, 3.8) is 0 Å². The predicted molar refractivity (Wildman–Crippen MR) is 96.7 cm³/mol. The van der Waals surface area contributed by atoms with Crippen molar-refractivity contribution in [2.75, 3.05) is 11.9 Å². The number of nitrogens with one attached hydrogen (secondary N) is 1. The van der Waals surface area contributed by atoms with Crippen LogP contribution in [0, 0.1) is 0 Å². The Bertz CT molecular complexity index is 918. The number of benzene rings is 1. The Hall–Kier alpha value is -2.95. The van der Waals surface area contributed by atoms with E-state index in [1.807, 2.05) is 36.4 Å². The van der Waals surface area contributed by atoms with Gasteiger partial charge in [-0.15, -0.1) is 0 Å². The molecule has 1 N–H and O–H groups in total. The Kier molecular flexibility index (Phi) is 4.29. The molecular weight excluding hydrogens is 314 g/mol. The maximum atomic E-state index is 12.3. The minimum Gasteiger partial charge on any atom is -0.483 e. The summed E-state index contributed by atoms with van der Waals surface area (Å²) in [6, 6.07) is 11.4. The van der Waals surface area contributed by atoms with E-state index in [4.69, 9.17) is 4.74 Å². The second-order valence-electron chi connectivity index (χ2n) is 6.16. The molecule has 0 aliphatic heterocycles. The molecule has 1 aliphatic carbocycles. The van der Waals surface area contributed by atoms with Crippen LogP contribution < -0.4 is 10.1 Å². The maximum absolute atomic E-state index is 12.3. The van der Waals surface area contributed by atoms with Gasteiger partial charge < -0.3 is 10.1 Å². The van der Waals surface area contributed by atoms with Crippen LogP contribution in [0.2, 0.25) is 0 Å². The van der Waals surface area contributed by atoms with Gasteiger partial charge in [0.05, 0.1) is 11.2 Å². The third-order valence-electron chi connectivity index (χ3n) is 4.46. The number of carbonyl (C=O) groups excluding carboxylic acids is 1. The number of pyridine rings is 2. The zero-order valence-electron chi connectivity index (χ0n) is 13.9. The lowest BCUT2D eigenvalue weighted by atomic mass is 9.95. The fraction of sp³-hybridized carbons (Fsp3) is 0.250. The van der Waals surface area contributed by atoms with E-state index < -0.39 is 0 Å². The third-order valence-corrected chi connectivity index (χ3v) is 4.46. The van der Waals surface area contributed by atoms with E-state index in [9.17, 15) is 4.79 Å². The van der Waals surface area contributed by atoms with Crippen LogP contribution in [0.5, 0.6) is 5.75 Å². The van der Waals surface area contributed by atoms with Crippen LogP contribution in [0.4, 0.5) is 5.69 Å². The van der Waals surface area contributed by atoms with Gasteiger partial charge in [0.1, 0.15) is 5.75 Å². The van der Waals surface area contributed by atoms with E-state index in [1.165, 1.54) is 0 Å². The number of hydrogen-bond donors (Lipinski definition) is 1. The second kappa shape index (κ2) is 6.89. The fourth-order valence-electron chi connectivity index (χ4n) is 3.26. The summed E-state index contributed by atoms with van der Waals surface area (Å²) in [5, 5.41) is 3.88. The van der Waals surface area contributed by atoms with Crippen LogP contribution in [0.3, 0.4) is 0 Å². The standard InChI is InChI=1S/C20H19N3O2/c24-19(23-17-9-3-5-14-6-4-11-22-20(14)17)13-25-18-10-12-21-16-8-2-1-7-15(16)18/h3-6,9-12H,1-2,7-8,13H2,(H,23,24). The average molecular weight is 333 g/mol. The number of hydrogen-bond acceptors (Lipinski definition) is 4. The molecule has 3 aromatic rings. The number of aromatic nitrogens is 2. The molecule has 0 unspecified atom stereocenters. The van der Waals surface area contributed by atoms with Crippen molar-refractivity contribution in [2.24, 2.45) is 0 Å². The topological polar surface area (TPSA) is 64.1 Å². The van der Waals surface area contributed by atoms with Gasteiger partial charge in [-0.1, -0.05) is 18.2 Å². The molecule has 0 atom stereocenters. The lowest BCUT2D eigenvalue weighted by Crippen LogP contribution is -2.21. The number of nitrogens with zero attached hydrogens (tertiary/aromatic N) is 2. The monoisotopic (exact) mass is 333 g/mol. The first-order valence-corrected chi connectivity index (χ1v) is 8.54. The Morgan fingerprint density at radius 3 is 2.88 bits per heavy atom. The molecule has 4 rings (SSSR count). The van der Waals surface area contributed by atoms with Crippen molar-refractivity contribution in [1.29, 1.82) is 0 Å². The quantitative estimate of drug-likeness (QED) is 0.793. The molecule has 1 aromatic carbocycles. The molecule has 1 amide bonds. The maximum Gasteiger partial charge on any atom is 0.262 e. The SMILES string of the molecule is O=C(COc1ccnc2c1CCCC2)Nc1cccc2cccnc12. The van der Waals surface area contributed by atoms with Crippen LogP contribution in [0.15, 0.2) is 48.8 Å². The van der Waals surface area contributed by atoms with Crippen molar-refractivity contribution in [1.82, 2.24) is 9.97 Å². The first kappa shape index (κ1) is 15.6. The molecule has 5 nitrogen and oxygen atoms in total. The summed E-state index contributed by atoms with van der Waals surface area (Å²) in [4.78, 5) is 21.1. The van der Waals surface area contributed by atoms with Crippen LogP contribution in [0.25, 0.3) is 10.9 Å². The van der Waals surface area contributed by atoms with Crippen molar-refractivity contribution < 1.29 is 9.53 Å². The number of anilines is 1. The summed E-state index contributed by atoms with van der Waals surface area (Å²) < 4.78 is 5.78. The minimum absolute atomic E-state index is 0.0281. The van der Waals surface area contributed by atoms with Crippen LogP contribution in [0.1, 0.15) is 24.1 Å². The third kappa shape index (κ3) is 3.31. The van der Waals surface area contributed by atoms with Crippen LogP contribution in [-0.2, 0) is 17.6 Å². The van der Waals surface area contributed by atoms with Crippen LogP contribution >= 0.6 is 0 Å².